The summed E-state index contributed by atoms with van der Waals surface area (Å²) in [4.78, 5) is 10.4. The van der Waals surface area contributed by atoms with Crippen LogP contribution in [0.5, 0.6) is 5.75 Å². The summed E-state index contributed by atoms with van der Waals surface area (Å²) in [6, 6.07) is 4.92. The SMILES string of the molecule is CC(C)c1cc(O)cc(C=O)c1. The van der Waals surface area contributed by atoms with Crippen LogP contribution < -0.4 is 0 Å². The maximum absolute atomic E-state index is 10.4. The third-order valence-electron chi connectivity index (χ3n) is 1.77. The minimum atomic E-state index is 0.156. The fraction of sp³-hybridized carbons (Fsp3) is 0.300. The van der Waals surface area contributed by atoms with E-state index in [9.17, 15) is 9.90 Å². The lowest BCUT2D eigenvalue weighted by Crippen LogP contribution is -1.89. The quantitative estimate of drug-likeness (QED) is 0.681. The summed E-state index contributed by atoms with van der Waals surface area (Å²) in [5.41, 5.74) is 1.51. The van der Waals surface area contributed by atoms with Crippen LogP contribution in [0.3, 0.4) is 0 Å². The zero-order chi connectivity index (χ0) is 9.14. The highest BCUT2D eigenvalue weighted by molar-refractivity contribution is 5.76. The van der Waals surface area contributed by atoms with Gasteiger partial charge in [-0.1, -0.05) is 13.8 Å². The van der Waals surface area contributed by atoms with E-state index in [-0.39, 0.29) is 5.75 Å². The average Bonchev–Trinajstić information content (AvgIpc) is 2.03. The molecular formula is C10H12O2. The fourth-order valence-electron chi connectivity index (χ4n) is 1.06. The van der Waals surface area contributed by atoms with Gasteiger partial charge in [-0.25, -0.2) is 0 Å². The normalized spacial score (nSPS) is 10.2. The maximum Gasteiger partial charge on any atom is 0.150 e. The summed E-state index contributed by atoms with van der Waals surface area (Å²) >= 11 is 0. The van der Waals surface area contributed by atoms with E-state index >= 15 is 0 Å². The monoisotopic (exact) mass is 164 g/mol. The first-order chi connectivity index (χ1) is 5.63. The van der Waals surface area contributed by atoms with Crippen LogP contribution in [0.25, 0.3) is 0 Å². The van der Waals surface area contributed by atoms with Gasteiger partial charge >= 0.3 is 0 Å². The van der Waals surface area contributed by atoms with Gasteiger partial charge in [0.25, 0.3) is 0 Å². The molecular weight excluding hydrogens is 152 g/mol. The highest BCUT2D eigenvalue weighted by atomic mass is 16.3. The Bertz CT molecular complexity index is 290. The molecule has 0 saturated carbocycles. The van der Waals surface area contributed by atoms with Crippen LogP contribution in [0.15, 0.2) is 18.2 Å². The molecule has 0 bridgehead atoms. The average molecular weight is 164 g/mol. The molecule has 0 radical (unpaired) electrons. The van der Waals surface area contributed by atoms with Crippen molar-refractivity contribution in [2.75, 3.05) is 0 Å². The standard InChI is InChI=1S/C10H12O2/c1-7(2)9-3-8(6-11)4-10(12)5-9/h3-7,12H,1-2H3. The van der Waals surface area contributed by atoms with Crippen molar-refractivity contribution in [1.82, 2.24) is 0 Å². The summed E-state index contributed by atoms with van der Waals surface area (Å²) in [5.74, 6) is 0.485. The Labute approximate surface area is 71.8 Å². The van der Waals surface area contributed by atoms with E-state index in [1.54, 1.807) is 12.1 Å². The van der Waals surface area contributed by atoms with Crippen LogP contribution >= 0.6 is 0 Å². The molecule has 0 amide bonds. The second-order valence-electron chi connectivity index (χ2n) is 3.13. The first-order valence-electron chi connectivity index (χ1n) is 3.92. The lowest BCUT2D eigenvalue weighted by molar-refractivity contribution is 0.112. The van der Waals surface area contributed by atoms with Crippen LogP contribution in [0, 0.1) is 0 Å². The van der Waals surface area contributed by atoms with Gasteiger partial charge in [-0.15, -0.1) is 0 Å². The smallest absolute Gasteiger partial charge is 0.150 e. The van der Waals surface area contributed by atoms with Crippen molar-refractivity contribution in [2.45, 2.75) is 19.8 Å². The van der Waals surface area contributed by atoms with Crippen molar-refractivity contribution in [3.8, 4) is 5.75 Å². The molecule has 0 aliphatic heterocycles. The Kier molecular flexibility index (Phi) is 2.48. The van der Waals surface area contributed by atoms with Crippen LogP contribution in [0.1, 0.15) is 35.7 Å². The molecule has 1 rings (SSSR count). The van der Waals surface area contributed by atoms with Gasteiger partial charge in [-0.05, 0) is 29.7 Å². The van der Waals surface area contributed by atoms with Crippen molar-refractivity contribution >= 4 is 6.29 Å². The number of rotatable bonds is 2. The molecule has 0 spiro atoms. The minimum absolute atomic E-state index is 0.156. The molecule has 0 saturated heterocycles. The number of carbonyl (C=O) groups excluding carboxylic acids is 1. The zero-order valence-corrected chi connectivity index (χ0v) is 7.24. The number of aldehydes is 1. The molecule has 1 aromatic carbocycles. The highest BCUT2D eigenvalue weighted by Gasteiger charge is 2.02. The first kappa shape index (κ1) is 8.78. The number of aromatic hydroxyl groups is 1. The summed E-state index contributed by atoms with van der Waals surface area (Å²) in [5, 5.41) is 9.22. The summed E-state index contributed by atoms with van der Waals surface area (Å²) < 4.78 is 0. The molecule has 0 fully saturated rings. The van der Waals surface area contributed by atoms with E-state index in [0.717, 1.165) is 11.8 Å². The van der Waals surface area contributed by atoms with Crippen molar-refractivity contribution < 1.29 is 9.90 Å². The Balaban J connectivity index is 3.14. The van der Waals surface area contributed by atoms with Gasteiger partial charge in [0.1, 0.15) is 12.0 Å². The van der Waals surface area contributed by atoms with E-state index in [0.29, 0.717) is 11.5 Å². The molecule has 0 aliphatic rings. The third-order valence-corrected chi connectivity index (χ3v) is 1.77. The Morgan fingerprint density at radius 3 is 2.50 bits per heavy atom. The predicted octanol–water partition coefficient (Wildman–Crippen LogP) is 2.33. The number of carbonyl (C=O) groups is 1. The summed E-state index contributed by atoms with van der Waals surface area (Å²) in [6.45, 7) is 4.03. The van der Waals surface area contributed by atoms with Gasteiger partial charge in [0, 0.05) is 5.56 Å². The molecule has 0 aliphatic carbocycles. The maximum atomic E-state index is 10.4. The molecule has 0 aromatic heterocycles. The first-order valence-corrected chi connectivity index (χ1v) is 3.92. The second-order valence-corrected chi connectivity index (χ2v) is 3.13. The largest absolute Gasteiger partial charge is 0.508 e. The van der Waals surface area contributed by atoms with Crippen LogP contribution in [0.4, 0.5) is 0 Å². The fourth-order valence-corrected chi connectivity index (χ4v) is 1.06. The highest BCUT2D eigenvalue weighted by Crippen LogP contribution is 2.20. The van der Waals surface area contributed by atoms with Crippen molar-refractivity contribution in [2.24, 2.45) is 0 Å². The number of phenolic OH excluding ortho intramolecular Hbond substituents is 1. The van der Waals surface area contributed by atoms with Crippen molar-refractivity contribution in [3.63, 3.8) is 0 Å². The third kappa shape index (κ3) is 1.84. The van der Waals surface area contributed by atoms with E-state index in [1.807, 2.05) is 13.8 Å². The van der Waals surface area contributed by atoms with Crippen LogP contribution in [0.2, 0.25) is 0 Å². The molecule has 2 heteroatoms. The van der Waals surface area contributed by atoms with Gasteiger partial charge in [0.2, 0.25) is 0 Å². The van der Waals surface area contributed by atoms with Crippen molar-refractivity contribution in [1.29, 1.82) is 0 Å². The predicted molar refractivity (Wildman–Crippen MR) is 47.6 cm³/mol. The van der Waals surface area contributed by atoms with Gasteiger partial charge < -0.3 is 5.11 Å². The molecule has 1 aromatic rings. The number of phenols is 1. The lowest BCUT2D eigenvalue weighted by atomic mass is 10.0. The van der Waals surface area contributed by atoms with Gasteiger partial charge in [0.15, 0.2) is 0 Å². The molecule has 0 atom stereocenters. The number of hydrogen-bond acceptors (Lipinski definition) is 2. The van der Waals surface area contributed by atoms with Crippen molar-refractivity contribution in [3.05, 3.63) is 29.3 Å². The Morgan fingerprint density at radius 1 is 1.33 bits per heavy atom. The Hall–Kier alpha value is -1.31. The van der Waals surface area contributed by atoms with Crippen LogP contribution in [-0.4, -0.2) is 11.4 Å². The van der Waals surface area contributed by atoms with E-state index in [4.69, 9.17) is 0 Å². The number of benzene rings is 1. The molecule has 0 unspecified atom stereocenters. The lowest BCUT2D eigenvalue weighted by Gasteiger charge is -2.05. The van der Waals surface area contributed by atoms with E-state index in [1.165, 1.54) is 6.07 Å². The van der Waals surface area contributed by atoms with Gasteiger partial charge in [0.05, 0.1) is 0 Å². The minimum Gasteiger partial charge on any atom is -0.508 e. The molecule has 0 heterocycles. The Morgan fingerprint density at radius 2 is 2.00 bits per heavy atom. The number of hydrogen-bond donors (Lipinski definition) is 1. The summed E-state index contributed by atoms with van der Waals surface area (Å²) in [6.07, 6.45) is 0.742. The second kappa shape index (κ2) is 3.39. The molecule has 2 nitrogen and oxygen atoms in total. The van der Waals surface area contributed by atoms with Gasteiger partial charge in [-0.2, -0.15) is 0 Å². The molecule has 12 heavy (non-hydrogen) atoms. The van der Waals surface area contributed by atoms with Gasteiger partial charge in [-0.3, -0.25) is 4.79 Å². The zero-order valence-electron chi connectivity index (χ0n) is 7.24. The molecule has 1 N–H and O–H groups in total. The summed E-state index contributed by atoms with van der Waals surface area (Å²) in [7, 11) is 0. The van der Waals surface area contributed by atoms with Crippen LogP contribution in [-0.2, 0) is 0 Å². The topological polar surface area (TPSA) is 37.3 Å². The van der Waals surface area contributed by atoms with E-state index < -0.39 is 0 Å². The molecule has 64 valence electrons. The van der Waals surface area contributed by atoms with E-state index in [2.05, 4.69) is 0 Å².